The summed E-state index contributed by atoms with van der Waals surface area (Å²) in [6.45, 7) is 4.33. The molecule has 6 heteroatoms. The Morgan fingerprint density at radius 1 is 1.08 bits per heavy atom. The number of nitrogens with zero attached hydrogens (tertiary/aromatic N) is 2. The summed E-state index contributed by atoms with van der Waals surface area (Å²) in [4.78, 5) is 20.8. The van der Waals surface area contributed by atoms with Crippen molar-refractivity contribution in [2.45, 2.75) is 20.8 Å². The smallest absolute Gasteiger partial charge is 0.236 e. The van der Waals surface area contributed by atoms with Crippen molar-refractivity contribution in [1.82, 2.24) is 10.9 Å². The van der Waals surface area contributed by atoms with Gasteiger partial charge in [-0.3, -0.25) is 9.59 Å². The minimum atomic E-state index is -0.261. The van der Waals surface area contributed by atoms with E-state index in [9.17, 15) is 9.59 Å². The molecule has 6 nitrogen and oxygen atoms in total. The minimum absolute atomic E-state index is 0.257. The monoisotopic (exact) mass is 184 g/mol. The maximum atomic E-state index is 10.4. The van der Waals surface area contributed by atoms with E-state index in [4.69, 9.17) is 0 Å². The van der Waals surface area contributed by atoms with Crippen LogP contribution in [0, 0.1) is 0 Å². The summed E-state index contributed by atoms with van der Waals surface area (Å²) < 4.78 is 0. The Hall–Kier alpha value is -1.72. The fourth-order valence-corrected chi connectivity index (χ4v) is 0.412. The lowest BCUT2D eigenvalue weighted by Gasteiger charge is -1.93. The maximum absolute atomic E-state index is 10.4. The summed E-state index contributed by atoms with van der Waals surface area (Å²) in [5.41, 5.74) is 4.92. The van der Waals surface area contributed by atoms with Gasteiger partial charge in [0.2, 0.25) is 11.8 Å². The fourth-order valence-electron chi connectivity index (χ4n) is 0.412. The molecular formula is C7H12N4O2. The van der Waals surface area contributed by atoms with Crippen LogP contribution in [0.5, 0.6) is 0 Å². The summed E-state index contributed by atoms with van der Waals surface area (Å²) >= 11 is 0. The molecule has 0 atom stereocenters. The third-order valence-electron chi connectivity index (χ3n) is 0.863. The van der Waals surface area contributed by atoms with Gasteiger partial charge in [0.1, 0.15) is 0 Å². The zero-order valence-electron chi connectivity index (χ0n) is 7.79. The lowest BCUT2D eigenvalue weighted by molar-refractivity contribution is -0.119. The molecule has 0 aromatic heterocycles. The Morgan fingerprint density at radius 2 is 1.62 bits per heavy atom. The second kappa shape index (κ2) is 5.87. The molecule has 0 aromatic rings. The average Bonchev–Trinajstić information content (AvgIpc) is 2.00. The molecule has 2 amide bonds. The summed E-state index contributed by atoms with van der Waals surface area (Å²) in [6, 6.07) is 0. The van der Waals surface area contributed by atoms with Crippen LogP contribution in [0.2, 0.25) is 0 Å². The molecule has 0 fully saturated rings. The molecule has 0 aliphatic rings. The Labute approximate surface area is 76.1 Å². The molecule has 0 heterocycles. The predicted molar refractivity (Wildman–Crippen MR) is 49.2 cm³/mol. The molecule has 13 heavy (non-hydrogen) atoms. The number of hydrogen-bond acceptors (Lipinski definition) is 4. The quantitative estimate of drug-likeness (QED) is 0.463. The zero-order chi connectivity index (χ0) is 10.3. The van der Waals surface area contributed by atoms with Crippen molar-refractivity contribution >= 4 is 23.7 Å². The lowest BCUT2D eigenvalue weighted by atomic mass is 10.5. The van der Waals surface area contributed by atoms with Crippen LogP contribution in [-0.2, 0) is 9.59 Å². The Bertz CT molecular complexity index is 257. The molecule has 0 bridgehead atoms. The van der Waals surface area contributed by atoms with Gasteiger partial charge in [-0.1, -0.05) is 0 Å². The number of carbonyl (C=O) groups is 2. The van der Waals surface area contributed by atoms with Crippen LogP contribution in [0.15, 0.2) is 10.2 Å². The SMILES string of the molecule is CC(=O)N/N=C(C)\C=N\NC(C)=O. The van der Waals surface area contributed by atoms with E-state index in [1.54, 1.807) is 6.92 Å². The van der Waals surface area contributed by atoms with E-state index in [-0.39, 0.29) is 11.8 Å². The van der Waals surface area contributed by atoms with Crippen molar-refractivity contribution in [3.8, 4) is 0 Å². The largest absolute Gasteiger partial charge is 0.274 e. The van der Waals surface area contributed by atoms with Crippen LogP contribution in [-0.4, -0.2) is 23.7 Å². The van der Waals surface area contributed by atoms with Crippen LogP contribution in [0.1, 0.15) is 20.8 Å². The van der Waals surface area contributed by atoms with Gasteiger partial charge >= 0.3 is 0 Å². The summed E-state index contributed by atoms with van der Waals surface area (Å²) in [5.74, 6) is -0.518. The number of hydrazone groups is 2. The first-order chi connectivity index (χ1) is 6.02. The van der Waals surface area contributed by atoms with Crippen molar-refractivity contribution in [2.75, 3.05) is 0 Å². The molecule has 0 aliphatic heterocycles. The first-order valence-electron chi connectivity index (χ1n) is 3.63. The molecule has 0 rings (SSSR count). The van der Waals surface area contributed by atoms with Gasteiger partial charge in [0.25, 0.3) is 0 Å². The zero-order valence-corrected chi connectivity index (χ0v) is 7.79. The standard InChI is InChI=1S/C7H12N4O2/c1-5(9-11-7(3)13)4-8-10-6(2)12/h4H,1-3H3,(H,10,12)(H,11,13)/b8-4+,9-5-. The maximum Gasteiger partial charge on any atom is 0.236 e. The number of rotatable bonds is 3. The van der Waals surface area contributed by atoms with E-state index >= 15 is 0 Å². The number of amides is 2. The average molecular weight is 184 g/mol. The first kappa shape index (κ1) is 11.3. The molecule has 72 valence electrons. The van der Waals surface area contributed by atoms with Crippen molar-refractivity contribution < 1.29 is 9.59 Å². The molecule has 0 spiro atoms. The molecule has 0 radical (unpaired) electrons. The van der Waals surface area contributed by atoms with Gasteiger partial charge in [-0.05, 0) is 6.92 Å². The highest BCUT2D eigenvalue weighted by Crippen LogP contribution is 1.70. The van der Waals surface area contributed by atoms with E-state index in [0.29, 0.717) is 5.71 Å². The third-order valence-corrected chi connectivity index (χ3v) is 0.863. The summed E-state index contributed by atoms with van der Waals surface area (Å²) in [7, 11) is 0. The van der Waals surface area contributed by atoms with E-state index in [1.165, 1.54) is 20.1 Å². The van der Waals surface area contributed by atoms with Crippen LogP contribution >= 0.6 is 0 Å². The topological polar surface area (TPSA) is 82.9 Å². The van der Waals surface area contributed by atoms with Crippen molar-refractivity contribution in [3.63, 3.8) is 0 Å². The first-order valence-corrected chi connectivity index (χ1v) is 3.63. The summed E-state index contributed by atoms with van der Waals surface area (Å²) in [6.07, 6.45) is 1.33. The minimum Gasteiger partial charge on any atom is -0.274 e. The Morgan fingerprint density at radius 3 is 2.08 bits per heavy atom. The highest BCUT2D eigenvalue weighted by molar-refractivity contribution is 6.29. The Kier molecular flexibility index (Phi) is 5.09. The van der Waals surface area contributed by atoms with E-state index < -0.39 is 0 Å². The van der Waals surface area contributed by atoms with Crippen molar-refractivity contribution in [1.29, 1.82) is 0 Å². The molecule has 2 N–H and O–H groups in total. The Balaban J connectivity index is 3.91. The third kappa shape index (κ3) is 8.18. The molecule has 0 aromatic carbocycles. The van der Waals surface area contributed by atoms with Gasteiger partial charge in [-0.25, -0.2) is 10.9 Å². The van der Waals surface area contributed by atoms with Gasteiger partial charge in [-0.2, -0.15) is 10.2 Å². The van der Waals surface area contributed by atoms with Gasteiger partial charge in [0, 0.05) is 13.8 Å². The molecule has 0 saturated heterocycles. The molecular weight excluding hydrogens is 172 g/mol. The predicted octanol–water partition coefficient (Wildman–Crippen LogP) is -0.380. The normalized spacial score (nSPS) is 11.5. The van der Waals surface area contributed by atoms with Gasteiger partial charge in [-0.15, -0.1) is 0 Å². The second-order valence-electron chi connectivity index (χ2n) is 2.35. The molecule has 0 unspecified atom stereocenters. The van der Waals surface area contributed by atoms with Gasteiger partial charge in [0.15, 0.2) is 0 Å². The van der Waals surface area contributed by atoms with E-state index in [1.807, 2.05) is 0 Å². The van der Waals surface area contributed by atoms with Crippen LogP contribution in [0.25, 0.3) is 0 Å². The molecule has 0 saturated carbocycles. The molecule has 0 aliphatic carbocycles. The second-order valence-corrected chi connectivity index (χ2v) is 2.35. The lowest BCUT2D eigenvalue weighted by Crippen LogP contribution is -2.17. The number of carbonyl (C=O) groups excluding carboxylic acids is 2. The van der Waals surface area contributed by atoms with Crippen LogP contribution in [0.3, 0.4) is 0 Å². The van der Waals surface area contributed by atoms with Crippen LogP contribution in [0.4, 0.5) is 0 Å². The van der Waals surface area contributed by atoms with Crippen LogP contribution < -0.4 is 10.9 Å². The highest BCUT2D eigenvalue weighted by Gasteiger charge is 1.88. The number of hydrogen-bond donors (Lipinski definition) is 2. The fraction of sp³-hybridized carbons (Fsp3) is 0.429. The van der Waals surface area contributed by atoms with E-state index in [0.717, 1.165) is 0 Å². The number of nitrogens with one attached hydrogen (secondary N) is 2. The van der Waals surface area contributed by atoms with E-state index in [2.05, 4.69) is 21.1 Å². The van der Waals surface area contributed by atoms with Crippen molar-refractivity contribution in [3.05, 3.63) is 0 Å². The summed E-state index contributed by atoms with van der Waals surface area (Å²) in [5, 5.41) is 7.18. The van der Waals surface area contributed by atoms with Gasteiger partial charge < -0.3 is 0 Å². The van der Waals surface area contributed by atoms with Crippen molar-refractivity contribution in [2.24, 2.45) is 10.2 Å². The highest BCUT2D eigenvalue weighted by atomic mass is 16.2. The van der Waals surface area contributed by atoms with Gasteiger partial charge in [0.05, 0.1) is 11.9 Å².